The minimum absolute atomic E-state index is 0.254. The monoisotopic (exact) mass is 332 g/mol. The summed E-state index contributed by atoms with van der Waals surface area (Å²) in [6.45, 7) is 1.88. The Morgan fingerprint density at radius 3 is 2.61 bits per heavy atom. The van der Waals surface area contributed by atoms with Crippen molar-refractivity contribution in [1.82, 2.24) is 4.98 Å². The van der Waals surface area contributed by atoms with Gasteiger partial charge in [0.25, 0.3) is 0 Å². The molecule has 6 heteroatoms. The Morgan fingerprint density at radius 2 is 2.00 bits per heavy atom. The first kappa shape index (κ1) is 13.8. The fourth-order valence-electron chi connectivity index (χ4n) is 2.24. The molecule has 1 aliphatic carbocycles. The summed E-state index contributed by atoms with van der Waals surface area (Å²) in [7, 11) is -3.27. The number of hydrogen-bond acceptors (Lipinski definition) is 3. The molecule has 0 bridgehead atoms. The van der Waals surface area contributed by atoms with Crippen LogP contribution in [0.25, 0.3) is 0 Å². The molecule has 18 heavy (non-hydrogen) atoms. The Bertz CT molecular complexity index is 525. The number of anilines is 1. The Hall–Kier alpha value is -0.620. The van der Waals surface area contributed by atoms with Crippen LogP contribution in [0.3, 0.4) is 0 Å². The first-order chi connectivity index (χ1) is 8.49. The lowest BCUT2D eigenvalue weighted by atomic mass is 10.0. The summed E-state index contributed by atoms with van der Waals surface area (Å²) >= 11 is 3.30. The molecule has 0 saturated heterocycles. The van der Waals surface area contributed by atoms with Crippen LogP contribution in [-0.2, 0) is 10.0 Å². The van der Waals surface area contributed by atoms with Gasteiger partial charge in [-0.15, -0.1) is 0 Å². The zero-order chi connectivity index (χ0) is 13.2. The van der Waals surface area contributed by atoms with Gasteiger partial charge in [0.05, 0.1) is 17.1 Å². The van der Waals surface area contributed by atoms with Crippen molar-refractivity contribution in [2.24, 2.45) is 0 Å². The molecule has 0 unspecified atom stereocenters. The van der Waals surface area contributed by atoms with Gasteiger partial charge in [-0.05, 0) is 47.3 Å². The highest BCUT2D eigenvalue weighted by Crippen LogP contribution is 2.26. The number of nitrogens with one attached hydrogen (secondary N) is 1. The van der Waals surface area contributed by atoms with E-state index in [4.69, 9.17) is 0 Å². The molecule has 1 aliphatic rings. The van der Waals surface area contributed by atoms with Crippen LogP contribution < -0.4 is 4.72 Å². The van der Waals surface area contributed by atoms with Crippen molar-refractivity contribution in [1.29, 1.82) is 0 Å². The first-order valence-corrected chi connectivity index (χ1v) is 8.47. The van der Waals surface area contributed by atoms with E-state index in [-0.39, 0.29) is 5.25 Å². The molecule has 0 amide bonds. The van der Waals surface area contributed by atoms with Crippen molar-refractivity contribution in [3.05, 3.63) is 22.4 Å². The summed E-state index contributed by atoms with van der Waals surface area (Å²) in [6, 6.07) is 1.79. The molecule has 1 aromatic rings. The molecule has 100 valence electrons. The number of rotatable bonds is 3. The van der Waals surface area contributed by atoms with Crippen LogP contribution in [0.5, 0.6) is 0 Å². The molecule has 1 fully saturated rings. The standard InChI is InChI=1S/C12H17BrN2O2S/c1-9-7-10(8-14-12(9)13)15-18(16,17)11-5-3-2-4-6-11/h7-8,11,15H,2-6H2,1H3. The van der Waals surface area contributed by atoms with Gasteiger partial charge in [0, 0.05) is 0 Å². The maximum Gasteiger partial charge on any atom is 0.235 e. The van der Waals surface area contributed by atoms with Crippen LogP contribution in [0, 0.1) is 6.92 Å². The first-order valence-electron chi connectivity index (χ1n) is 6.13. The average molecular weight is 333 g/mol. The van der Waals surface area contributed by atoms with E-state index in [0.29, 0.717) is 5.69 Å². The second kappa shape index (κ2) is 5.57. The zero-order valence-electron chi connectivity index (χ0n) is 10.3. The molecule has 0 aromatic carbocycles. The van der Waals surface area contributed by atoms with Gasteiger partial charge in [0.15, 0.2) is 0 Å². The summed E-state index contributed by atoms with van der Waals surface area (Å²) in [5.74, 6) is 0. The molecule has 1 heterocycles. The third kappa shape index (κ3) is 3.23. The minimum atomic E-state index is -3.27. The van der Waals surface area contributed by atoms with Crippen molar-refractivity contribution in [2.45, 2.75) is 44.3 Å². The van der Waals surface area contributed by atoms with Crippen molar-refractivity contribution in [3.8, 4) is 0 Å². The van der Waals surface area contributed by atoms with Gasteiger partial charge in [-0.3, -0.25) is 4.72 Å². The Morgan fingerprint density at radius 1 is 1.33 bits per heavy atom. The molecule has 1 saturated carbocycles. The van der Waals surface area contributed by atoms with E-state index in [9.17, 15) is 8.42 Å². The van der Waals surface area contributed by atoms with Gasteiger partial charge < -0.3 is 0 Å². The quantitative estimate of drug-likeness (QED) is 0.864. The molecule has 1 aromatic heterocycles. The number of hydrogen-bond donors (Lipinski definition) is 1. The Kier molecular flexibility index (Phi) is 4.27. The Balaban J connectivity index is 2.13. The lowest BCUT2D eigenvalue weighted by molar-refractivity contribution is 0.486. The number of halogens is 1. The summed E-state index contributed by atoms with van der Waals surface area (Å²) in [6.07, 6.45) is 6.21. The fourth-order valence-corrected chi connectivity index (χ4v) is 4.01. The van der Waals surface area contributed by atoms with E-state index in [2.05, 4.69) is 25.6 Å². The molecule has 0 atom stereocenters. The van der Waals surface area contributed by atoms with E-state index in [1.807, 2.05) is 6.92 Å². The van der Waals surface area contributed by atoms with E-state index >= 15 is 0 Å². The van der Waals surface area contributed by atoms with Crippen LogP contribution >= 0.6 is 15.9 Å². The van der Waals surface area contributed by atoms with Crippen LogP contribution in [0.1, 0.15) is 37.7 Å². The molecule has 4 nitrogen and oxygen atoms in total. The van der Waals surface area contributed by atoms with Crippen molar-refractivity contribution >= 4 is 31.6 Å². The number of nitrogens with zero attached hydrogens (tertiary/aromatic N) is 1. The third-order valence-corrected chi connectivity index (χ3v) is 5.96. The van der Waals surface area contributed by atoms with Crippen LogP contribution in [0.15, 0.2) is 16.9 Å². The van der Waals surface area contributed by atoms with Crippen LogP contribution in [-0.4, -0.2) is 18.7 Å². The highest BCUT2D eigenvalue weighted by atomic mass is 79.9. The van der Waals surface area contributed by atoms with Gasteiger partial charge >= 0.3 is 0 Å². The van der Waals surface area contributed by atoms with E-state index < -0.39 is 10.0 Å². The number of sulfonamides is 1. The lowest BCUT2D eigenvalue weighted by Gasteiger charge is -2.22. The number of pyridine rings is 1. The molecular weight excluding hydrogens is 316 g/mol. The van der Waals surface area contributed by atoms with Gasteiger partial charge in [-0.25, -0.2) is 13.4 Å². The summed E-state index contributed by atoms with van der Waals surface area (Å²) in [4.78, 5) is 4.10. The molecule has 0 radical (unpaired) electrons. The highest BCUT2D eigenvalue weighted by Gasteiger charge is 2.27. The van der Waals surface area contributed by atoms with Gasteiger partial charge in [-0.1, -0.05) is 19.3 Å². The number of aryl methyl sites for hydroxylation is 1. The third-order valence-electron chi connectivity index (χ3n) is 3.27. The van der Waals surface area contributed by atoms with Crippen molar-refractivity contribution < 1.29 is 8.42 Å². The van der Waals surface area contributed by atoms with E-state index in [1.165, 1.54) is 6.20 Å². The topological polar surface area (TPSA) is 59.1 Å². The maximum atomic E-state index is 12.2. The largest absolute Gasteiger partial charge is 0.282 e. The molecule has 2 rings (SSSR count). The molecule has 0 spiro atoms. The number of aromatic nitrogens is 1. The second-order valence-electron chi connectivity index (χ2n) is 4.74. The van der Waals surface area contributed by atoms with Crippen LogP contribution in [0.2, 0.25) is 0 Å². The lowest BCUT2D eigenvalue weighted by Crippen LogP contribution is -2.29. The van der Waals surface area contributed by atoms with Crippen molar-refractivity contribution in [3.63, 3.8) is 0 Å². The van der Waals surface area contributed by atoms with Gasteiger partial charge in [0.2, 0.25) is 10.0 Å². The SMILES string of the molecule is Cc1cc(NS(=O)(=O)C2CCCCC2)cnc1Br. The second-order valence-corrected chi connectivity index (χ2v) is 7.45. The molecule has 1 N–H and O–H groups in total. The zero-order valence-corrected chi connectivity index (χ0v) is 12.7. The average Bonchev–Trinajstić information content (AvgIpc) is 2.35. The summed E-state index contributed by atoms with van der Waals surface area (Å²) < 4.78 is 27.8. The van der Waals surface area contributed by atoms with Gasteiger partial charge in [0.1, 0.15) is 4.60 Å². The van der Waals surface area contributed by atoms with Gasteiger partial charge in [-0.2, -0.15) is 0 Å². The summed E-state index contributed by atoms with van der Waals surface area (Å²) in [5, 5.41) is -0.254. The fraction of sp³-hybridized carbons (Fsp3) is 0.583. The minimum Gasteiger partial charge on any atom is -0.282 e. The predicted molar refractivity (Wildman–Crippen MR) is 76.1 cm³/mol. The smallest absolute Gasteiger partial charge is 0.235 e. The normalized spacial score (nSPS) is 17.7. The predicted octanol–water partition coefficient (Wildman–Crippen LogP) is 3.23. The molecule has 0 aliphatic heterocycles. The van der Waals surface area contributed by atoms with Crippen molar-refractivity contribution in [2.75, 3.05) is 4.72 Å². The van der Waals surface area contributed by atoms with E-state index in [1.54, 1.807) is 6.07 Å². The highest BCUT2D eigenvalue weighted by molar-refractivity contribution is 9.10. The summed E-state index contributed by atoms with van der Waals surface area (Å²) in [5.41, 5.74) is 1.46. The van der Waals surface area contributed by atoms with E-state index in [0.717, 1.165) is 42.3 Å². The van der Waals surface area contributed by atoms with Crippen LogP contribution in [0.4, 0.5) is 5.69 Å². The Labute approximate surface area is 116 Å². The maximum absolute atomic E-state index is 12.2. The molecular formula is C12H17BrN2O2S.